The lowest BCUT2D eigenvalue weighted by Gasteiger charge is -2.12. The predicted molar refractivity (Wildman–Crippen MR) is 83.4 cm³/mol. The number of rotatable bonds is 5. The standard InChI is InChI=1S/C18H20O3/c1-4-13(3)14-6-8-15(9-7-14)21-17-11-12(2)5-10-16(17)18(19)20/h5-11,13H,4H2,1-3H3,(H,19,20). The van der Waals surface area contributed by atoms with Crippen molar-refractivity contribution >= 4 is 5.97 Å². The van der Waals surface area contributed by atoms with E-state index in [1.807, 2.05) is 31.2 Å². The molecule has 0 aliphatic carbocycles. The lowest BCUT2D eigenvalue weighted by atomic mass is 9.99. The molecule has 1 unspecified atom stereocenters. The van der Waals surface area contributed by atoms with Crippen molar-refractivity contribution in [2.45, 2.75) is 33.1 Å². The largest absolute Gasteiger partial charge is 0.478 e. The van der Waals surface area contributed by atoms with Gasteiger partial charge in [0.1, 0.15) is 17.1 Å². The van der Waals surface area contributed by atoms with E-state index in [4.69, 9.17) is 4.74 Å². The Kier molecular flexibility index (Phi) is 4.63. The van der Waals surface area contributed by atoms with Crippen molar-refractivity contribution in [3.8, 4) is 11.5 Å². The van der Waals surface area contributed by atoms with Crippen LogP contribution >= 0.6 is 0 Å². The first-order chi connectivity index (χ1) is 10.0. The van der Waals surface area contributed by atoms with Gasteiger partial charge in [-0.25, -0.2) is 4.79 Å². The molecular weight excluding hydrogens is 264 g/mol. The number of carboxylic acid groups (broad SMARTS) is 1. The van der Waals surface area contributed by atoms with Gasteiger partial charge in [0, 0.05) is 0 Å². The number of hydrogen-bond acceptors (Lipinski definition) is 2. The quantitative estimate of drug-likeness (QED) is 0.840. The second-order valence-corrected chi connectivity index (χ2v) is 5.29. The molecule has 0 bridgehead atoms. The Morgan fingerprint density at radius 3 is 2.43 bits per heavy atom. The van der Waals surface area contributed by atoms with Gasteiger partial charge in [0.05, 0.1) is 0 Å². The van der Waals surface area contributed by atoms with Crippen molar-refractivity contribution < 1.29 is 14.6 Å². The van der Waals surface area contributed by atoms with Gasteiger partial charge in [-0.2, -0.15) is 0 Å². The molecule has 21 heavy (non-hydrogen) atoms. The summed E-state index contributed by atoms with van der Waals surface area (Å²) in [5.41, 5.74) is 2.39. The van der Waals surface area contributed by atoms with Crippen LogP contribution in [0.1, 0.15) is 47.7 Å². The van der Waals surface area contributed by atoms with E-state index >= 15 is 0 Å². The van der Waals surface area contributed by atoms with Gasteiger partial charge < -0.3 is 9.84 Å². The monoisotopic (exact) mass is 284 g/mol. The fourth-order valence-corrected chi connectivity index (χ4v) is 2.12. The molecule has 0 amide bonds. The Hall–Kier alpha value is -2.29. The third-order valence-corrected chi connectivity index (χ3v) is 3.66. The van der Waals surface area contributed by atoms with E-state index in [9.17, 15) is 9.90 Å². The first-order valence-corrected chi connectivity index (χ1v) is 7.13. The number of hydrogen-bond donors (Lipinski definition) is 1. The Morgan fingerprint density at radius 1 is 1.19 bits per heavy atom. The van der Waals surface area contributed by atoms with Crippen LogP contribution in [0.15, 0.2) is 42.5 Å². The zero-order valence-electron chi connectivity index (χ0n) is 12.6. The van der Waals surface area contributed by atoms with Crippen LogP contribution in [-0.2, 0) is 0 Å². The molecule has 0 aromatic heterocycles. The second-order valence-electron chi connectivity index (χ2n) is 5.29. The zero-order chi connectivity index (χ0) is 15.4. The molecule has 0 aliphatic rings. The van der Waals surface area contributed by atoms with Crippen molar-refractivity contribution in [2.24, 2.45) is 0 Å². The highest BCUT2D eigenvalue weighted by Crippen LogP contribution is 2.28. The normalized spacial score (nSPS) is 12.0. The summed E-state index contributed by atoms with van der Waals surface area (Å²) in [5, 5.41) is 9.20. The molecule has 2 aromatic rings. The number of benzene rings is 2. The molecule has 0 radical (unpaired) electrons. The van der Waals surface area contributed by atoms with Crippen molar-refractivity contribution in [1.82, 2.24) is 0 Å². The summed E-state index contributed by atoms with van der Waals surface area (Å²) in [6, 6.07) is 12.9. The van der Waals surface area contributed by atoms with E-state index in [0.29, 0.717) is 17.4 Å². The smallest absolute Gasteiger partial charge is 0.339 e. The van der Waals surface area contributed by atoms with Gasteiger partial charge in [-0.15, -0.1) is 0 Å². The molecule has 3 nitrogen and oxygen atoms in total. The SMILES string of the molecule is CCC(C)c1ccc(Oc2cc(C)ccc2C(=O)O)cc1. The third-order valence-electron chi connectivity index (χ3n) is 3.66. The minimum Gasteiger partial charge on any atom is -0.478 e. The Morgan fingerprint density at radius 2 is 1.86 bits per heavy atom. The molecule has 0 saturated carbocycles. The topological polar surface area (TPSA) is 46.5 Å². The summed E-state index contributed by atoms with van der Waals surface area (Å²) in [4.78, 5) is 11.2. The molecule has 3 heteroatoms. The summed E-state index contributed by atoms with van der Waals surface area (Å²) in [6.07, 6.45) is 1.08. The van der Waals surface area contributed by atoms with E-state index < -0.39 is 5.97 Å². The minimum absolute atomic E-state index is 0.173. The van der Waals surface area contributed by atoms with Crippen LogP contribution < -0.4 is 4.74 Å². The van der Waals surface area contributed by atoms with Crippen molar-refractivity contribution in [3.63, 3.8) is 0 Å². The summed E-state index contributed by atoms with van der Waals surface area (Å²) in [5.74, 6) is 0.544. The van der Waals surface area contributed by atoms with E-state index in [1.54, 1.807) is 18.2 Å². The van der Waals surface area contributed by atoms with Gasteiger partial charge in [-0.1, -0.05) is 32.0 Å². The first-order valence-electron chi connectivity index (χ1n) is 7.13. The molecule has 0 aliphatic heterocycles. The maximum Gasteiger partial charge on any atom is 0.339 e. The molecule has 110 valence electrons. The Labute approximate surface area is 125 Å². The Bertz CT molecular complexity index is 629. The van der Waals surface area contributed by atoms with Gasteiger partial charge in [0.15, 0.2) is 0 Å². The van der Waals surface area contributed by atoms with E-state index in [2.05, 4.69) is 13.8 Å². The van der Waals surface area contributed by atoms with E-state index in [1.165, 1.54) is 5.56 Å². The summed E-state index contributed by atoms with van der Waals surface area (Å²) < 4.78 is 5.74. The van der Waals surface area contributed by atoms with Gasteiger partial charge in [-0.05, 0) is 54.7 Å². The van der Waals surface area contributed by atoms with Crippen molar-refractivity contribution in [2.75, 3.05) is 0 Å². The number of aromatic carboxylic acids is 1. The third kappa shape index (κ3) is 3.63. The highest BCUT2D eigenvalue weighted by molar-refractivity contribution is 5.91. The van der Waals surface area contributed by atoms with Crippen LogP contribution in [0.2, 0.25) is 0 Å². The maximum absolute atomic E-state index is 11.2. The van der Waals surface area contributed by atoms with Gasteiger partial charge >= 0.3 is 5.97 Å². The molecule has 0 saturated heterocycles. The van der Waals surface area contributed by atoms with Crippen LogP contribution in [0.25, 0.3) is 0 Å². The average molecular weight is 284 g/mol. The molecule has 1 atom stereocenters. The molecule has 1 N–H and O–H groups in total. The number of aryl methyl sites for hydroxylation is 1. The lowest BCUT2D eigenvalue weighted by Crippen LogP contribution is -2.00. The van der Waals surface area contributed by atoms with Crippen LogP contribution in [0, 0.1) is 6.92 Å². The van der Waals surface area contributed by atoms with Gasteiger partial charge in [0.2, 0.25) is 0 Å². The van der Waals surface area contributed by atoms with Crippen LogP contribution in [0.4, 0.5) is 0 Å². The second kappa shape index (κ2) is 6.44. The fourth-order valence-electron chi connectivity index (χ4n) is 2.12. The fraction of sp³-hybridized carbons (Fsp3) is 0.278. The maximum atomic E-state index is 11.2. The molecular formula is C18H20O3. The van der Waals surface area contributed by atoms with Gasteiger partial charge in [0.25, 0.3) is 0 Å². The van der Waals surface area contributed by atoms with Crippen LogP contribution in [0.5, 0.6) is 11.5 Å². The number of carbonyl (C=O) groups is 1. The van der Waals surface area contributed by atoms with Crippen molar-refractivity contribution in [1.29, 1.82) is 0 Å². The highest BCUT2D eigenvalue weighted by Gasteiger charge is 2.12. The number of carboxylic acids is 1. The molecule has 0 fully saturated rings. The van der Waals surface area contributed by atoms with Crippen molar-refractivity contribution in [3.05, 3.63) is 59.2 Å². The molecule has 0 spiro atoms. The first kappa shape index (κ1) is 15.1. The summed E-state index contributed by atoms with van der Waals surface area (Å²) in [6.45, 7) is 6.24. The Balaban J connectivity index is 2.26. The van der Waals surface area contributed by atoms with E-state index in [-0.39, 0.29) is 5.56 Å². The number of ether oxygens (including phenoxy) is 1. The minimum atomic E-state index is -0.985. The summed E-state index contributed by atoms with van der Waals surface area (Å²) >= 11 is 0. The lowest BCUT2D eigenvalue weighted by molar-refractivity contribution is 0.0694. The molecule has 0 heterocycles. The van der Waals surface area contributed by atoms with E-state index in [0.717, 1.165) is 12.0 Å². The van der Waals surface area contributed by atoms with Crippen LogP contribution in [0.3, 0.4) is 0 Å². The van der Waals surface area contributed by atoms with Crippen LogP contribution in [-0.4, -0.2) is 11.1 Å². The zero-order valence-corrected chi connectivity index (χ0v) is 12.6. The molecule has 2 rings (SSSR count). The molecule has 2 aromatic carbocycles. The average Bonchev–Trinajstić information content (AvgIpc) is 2.47. The highest BCUT2D eigenvalue weighted by atomic mass is 16.5. The summed E-state index contributed by atoms with van der Waals surface area (Å²) in [7, 11) is 0. The van der Waals surface area contributed by atoms with Gasteiger partial charge in [-0.3, -0.25) is 0 Å². The predicted octanol–water partition coefficient (Wildman–Crippen LogP) is 5.00.